The van der Waals surface area contributed by atoms with Crippen molar-refractivity contribution in [1.29, 1.82) is 0 Å². The molecule has 0 spiro atoms. The van der Waals surface area contributed by atoms with Gasteiger partial charge in [0.25, 0.3) is 0 Å². The van der Waals surface area contributed by atoms with E-state index < -0.39 is 0 Å². The third kappa shape index (κ3) is 2.90. The smallest absolute Gasteiger partial charge is 0.0167 e. The quantitative estimate of drug-likeness (QED) is 0.656. The van der Waals surface area contributed by atoms with Crippen LogP contribution in [0.3, 0.4) is 0 Å². The van der Waals surface area contributed by atoms with Gasteiger partial charge in [-0.1, -0.05) is 51.1 Å². The molecule has 0 aromatic heterocycles. The first-order valence-electron chi connectivity index (χ1n) is 4.26. The first kappa shape index (κ1) is 11.6. The van der Waals surface area contributed by atoms with Crippen molar-refractivity contribution in [3.63, 3.8) is 0 Å². The normalized spacial score (nSPS) is 12.3. The van der Waals surface area contributed by atoms with Crippen molar-refractivity contribution in [1.82, 2.24) is 0 Å². The molecule has 1 aromatic carbocycles. The van der Waals surface area contributed by atoms with Crippen molar-refractivity contribution in [2.75, 3.05) is 0 Å². The lowest BCUT2D eigenvalue weighted by Gasteiger charge is -2.15. The van der Waals surface area contributed by atoms with Gasteiger partial charge in [0.05, 0.1) is 0 Å². The summed E-state index contributed by atoms with van der Waals surface area (Å²) >= 11 is 0. The summed E-state index contributed by atoms with van der Waals surface area (Å²) in [5.74, 6) is 1.41. The molecule has 0 radical (unpaired) electrons. The average Bonchev–Trinajstić information content (AvgIpc) is 2.05. The molecule has 1 heteroatoms. The molecule has 0 unspecified atom stereocenters. The van der Waals surface area contributed by atoms with Crippen molar-refractivity contribution in [2.45, 2.75) is 26.7 Å². The molecule has 1 rings (SSSR count). The van der Waals surface area contributed by atoms with Gasteiger partial charge in [-0.15, -0.1) is 0 Å². The van der Waals surface area contributed by atoms with Crippen LogP contribution in [0.5, 0.6) is 0 Å². The molecule has 0 nitrogen and oxygen atoms in total. The summed E-state index contributed by atoms with van der Waals surface area (Å²) in [4.78, 5) is 0. The topological polar surface area (TPSA) is 0 Å². The molecule has 0 bridgehead atoms. The van der Waals surface area contributed by atoms with E-state index in [0.717, 1.165) is 5.92 Å². The fourth-order valence-corrected chi connectivity index (χ4v) is 1.14. The van der Waals surface area contributed by atoms with Crippen LogP contribution in [0, 0.1) is 5.92 Å². The van der Waals surface area contributed by atoms with E-state index in [1.807, 2.05) is 0 Å². The van der Waals surface area contributed by atoms with Gasteiger partial charge in [0.15, 0.2) is 0 Å². The number of benzene rings is 1. The molecule has 0 aliphatic rings. The molecule has 0 aliphatic carbocycles. The second kappa shape index (κ2) is 5.26. The molecule has 1 atom stereocenters. The van der Waals surface area contributed by atoms with Crippen LogP contribution >= 0.6 is 13.5 Å². The van der Waals surface area contributed by atoms with Crippen LogP contribution in [0.15, 0.2) is 30.3 Å². The van der Waals surface area contributed by atoms with Gasteiger partial charge in [0, 0.05) is 0 Å². The van der Waals surface area contributed by atoms with Crippen LogP contribution in [0.25, 0.3) is 0 Å². The second-order valence-electron chi connectivity index (χ2n) is 3.44. The summed E-state index contributed by atoms with van der Waals surface area (Å²) in [6.07, 6.45) is 0. The molecular weight excluding hydrogens is 164 g/mol. The highest BCUT2D eigenvalue weighted by Gasteiger charge is 2.07. The van der Waals surface area contributed by atoms with E-state index in [9.17, 15) is 0 Å². The molecule has 0 saturated heterocycles. The van der Waals surface area contributed by atoms with E-state index in [2.05, 4.69) is 51.1 Å². The zero-order valence-corrected chi connectivity index (χ0v) is 9.04. The minimum absolute atomic E-state index is 0. The standard InChI is InChI=1S/C11H16.H2S/c1-9(2)10(3)11-7-5-4-6-8-11;/h4-10H,1-3H3;1H2/t10-;/m0./s1. The van der Waals surface area contributed by atoms with E-state index in [-0.39, 0.29) is 13.5 Å². The second-order valence-corrected chi connectivity index (χ2v) is 3.44. The third-order valence-electron chi connectivity index (χ3n) is 2.33. The molecule has 12 heavy (non-hydrogen) atoms. The lowest BCUT2D eigenvalue weighted by atomic mass is 9.91. The highest BCUT2D eigenvalue weighted by atomic mass is 32.1. The maximum Gasteiger partial charge on any atom is -0.0167 e. The van der Waals surface area contributed by atoms with Gasteiger partial charge < -0.3 is 0 Å². The summed E-state index contributed by atoms with van der Waals surface area (Å²) in [6, 6.07) is 10.7. The zero-order chi connectivity index (χ0) is 8.27. The Morgan fingerprint density at radius 2 is 1.42 bits per heavy atom. The van der Waals surface area contributed by atoms with Gasteiger partial charge in [-0.2, -0.15) is 13.5 Å². The van der Waals surface area contributed by atoms with Crippen LogP contribution in [0.1, 0.15) is 32.3 Å². The van der Waals surface area contributed by atoms with E-state index in [1.165, 1.54) is 5.56 Å². The highest BCUT2D eigenvalue weighted by Crippen LogP contribution is 2.22. The Kier molecular flexibility index (Phi) is 5.07. The summed E-state index contributed by atoms with van der Waals surface area (Å²) < 4.78 is 0. The fourth-order valence-electron chi connectivity index (χ4n) is 1.14. The Balaban J connectivity index is 0.00000121. The Labute approximate surface area is 82.4 Å². The lowest BCUT2D eigenvalue weighted by molar-refractivity contribution is 0.535. The predicted octanol–water partition coefficient (Wildman–Crippen LogP) is 3.56. The first-order valence-corrected chi connectivity index (χ1v) is 4.26. The summed E-state index contributed by atoms with van der Waals surface area (Å²) in [5, 5.41) is 0. The molecule has 0 heterocycles. The maximum atomic E-state index is 2.28. The highest BCUT2D eigenvalue weighted by molar-refractivity contribution is 7.59. The minimum atomic E-state index is 0. The van der Waals surface area contributed by atoms with Gasteiger partial charge in [-0.05, 0) is 17.4 Å². The van der Waals surface area contributed by atoms with Gasteiger partial charge in [-0.25, -0.2) is 0 Å². The Hall–Kier alpha value is -0.430. The molecule has 0 amide bonds. The Morgan fingerprint density at radius 3 is 1.83 bits per heavy atom. The van der Waals surface area contributed by atoms with Gasteiger partial charge in [-0.3, -0.25) is 0 Å². The van der Waals surface area contributed by atoms with Gasteiger partial charge in [0.2, 0.25) is 0 Å². The van der Waals surface area contributed by atoms with Gasteiger partial charge >= 0.3 is 0 Å². The summed E-state index contributed by atoms with van der Waals surface area (Å²) in [7, 11) is 0. The van der Waals surface area contributed by atoms with Crippen molar-refractivity contribution in [2.24, 2.45) is 5.92 Å². The van der Waals surface area contributed by atoms with Crippen LogP contribution in [0.2, 0.25) is 0 Å². The van der Waals surface area contributed by atoms with Crippen LogP contribution in [-0.4, -0.2) is 0 Å². The van der Waals surface area contributed by atoms with E-state index in [1.54, 1.807) is 0 Å². The minimum Gasteiger partial charge on any atom is -0.197 e. The average molecular weight is 182 g/mol. The molecule has 0 N–H and O–H groups in total. The van der Waals surface area contributed by atoms with E-state index >= 15 is 0 Å². The van der Waals surface area contributed by atoms with Crippen molar-refractivity contribution in [3.8, 4) is 0 Å². The largest absolute Gasteiger partial charge is 0.197 e. The van der Waals surface area contributed by atoms with Crippen molar-refractivity contribution < 1.29 is 0 Å². The van der Waals surface area contributed by atoms with Crippen LogP contribution in [0.4, 0.5) is 0 Å². The van der Waals surface area contributed by atoms with Crippen LogP contribution in [-0.2, 0) is 0 Å². The zero-order valence-electron chi connectivity index (χ0n) is 8.04. The third-order valence-corrected chi connectivity index (χ3v) is 2.33. The number of rotatable bonds is 2. The fraction of sp³-hybridized carbons (Fsp3) is 0.455. The van der Waals surface area contributed by atoms with Gasteiger partial charge in [0.1, 0.15) is 0 Å². The molecule has 0 aliphatic heterocycles. The lowest BCUT2D eigenvalue weighted by Crippen LogP contribution is -2.00. The number of hydrogen-bond acceptors (Lipinski definition) is 0. The van der Waals surface area contributed by atoms with Crippen LogP contribution < -0.4 is 0 Å². The summed E-state index contributed by atoms with van der Waals surface area (Å²) in [5.41, 5.74) is 1.45. The molecule has 0 saturated carbocycles. The molecular formula is C11H18S. The molecule has 0 fully saturated rings. The van der Waals surface area contributed by atoms with E-state index in [4.69, 9.17) is 0 Å². The predicted molar refractivity (Wildman–Crippen MR) is 60.1 cm³/mol. The Bertz CT molecular complexity index is 204. The molecule has 68 valence electrons. The van der Waals surface area contributed by atoms with Crippen molar-refractivity contribution in [3.05, 3.63) is 35.9 Å². The first-order chi connectivity index (χ1) is 5.22. The monoisotopic (exact) mass is 182 g/mol. The Morgan fingerprint density at radius 1 is 0.917 bits per heavy atom. The van der Waals surface area contributed by atoms with E-state index in [0.29, 0.717) is 5.92 Å². The summed E-state index contributed by atoms with van der Waals surface area (Å²) in [6.45, 7) is 6.80. The maximum absolute atomic E-state index is 2.28. The van der Waals surface area contributed by atoms with Crippen molar-refractivity contribution >= 4 is 13.5 Å². The molecule has 1 aromatic rings. The number of hydrogen-bond donors (Lipinski definition) is 0. The SMILES string of the molecule is CC(C)[C@H](C)c1ccccc1.S.